The van der Waals surface area contributed by atoms with Crippen molar-refractivity contribution in [3.8, 4) is 0 Å². The van der Waals surface area contributed by atoms with Crippen LogP contribution in [0, 0.1) is 11.6 Å². The number of halogens is 2. The maximum Gasteiger partial charge on any atom is 0.257 e. The number of nitrogens with one attached hydrogen (secondary N) is 1. The summed E-state index contributed by atoms with van der Waals surface area (Å²) in [5.74, 6) is -2.06. The smallest absolute Gasteiger partial charge is 0.257 e. The Labute approximate surface area is 168 Å². The van der Waals surface area contributed by atoms with Gasteiger partial charge in [0, 0.05) is 24.7 Å². The molecular formula is C22H23F2N3O2. The van der Waals surface area contributed by atoms with Gasteiger partial charge in [0.05, 0.1) is 16.9 Å². The maximum atomic E-state index is 13.9. The summed E-state index contributed by atoms with van der Waals surface area (Å²) in [6, 6.07) is 7.92. The Bertz CT molecular complexity index is 963. The van der Waals surface area contributed by atoms with Crippen molar-refractivity contribution in [2.24, 2.45) is 0 Å². The molecule has 2 aliphatic rings. The second-order valence-corrected chi connectivity index (χ2v) is 7.42. The predicted molar refractivity (Wildman–Crippen MR) is 107 cm³/mol. The molecule has 0 saturated carbocycles. The van der Waals surface area contributed by atoms with E-state index in [4.69, 9.17) is 0 Å². The van der Waals surface area contributed by atoms with Gasteiger partial charge in [-0.3, -0.25) is 9.59 Å². The first-order chi connectivity index (χ1) is 14.0. The van der Waals surface area contributed by atoms with E-state index in [1.54, 1.807) is 18.2 Å². The van der Waals surface area contributed by atoms with E-state index in [0.717, 1.165) is 50.0 Å². The van der Waals surface area contributed by atoms with Crippen LogP contribution in [0.5, 0.6) is 0 Å². The molecular weight excluding hydrogens is 376 g/mol. The number of fused-ring (bicyclic) bond motifs is 2. The van der Waals surface area contributed by atoms with Crippen LogP contribution in [0.3, 0.4) is 0 Å². The standard InChI is InChI=1S/C22H23F2N3O2/c1-2-26-19-12-14(21(28)25-18-10-8-15(23)13-17(18)24)7-9-16(19)22(29)27-11-5-3-4-6-20(26)27/h7-10,12-13,20H,2-6,11H2,1H3,(H,25,28). The summed E-state index contributed by atoms with van der Waals surface area (Å²) in [7, 11) is 0. The highest BCUT2D eigenvalue weighted by atomic mass is 19.1. The van der Waals surface area contributed by atoms with Crippen LogP contribution in [0.25, 0.3) is 0 Å². The summed E-state index contributed by atoms with van der Waals surface area (Å²) in [5.41, 5.74) is 1.54. The quantitative estimate of drug-likeness (QED) is 0.832. The molecule has 0 bridgehead atoms. The minimum absolute atomic E-state index is 0.00430. The van der Waals surface area contributed by atoms with Gasteiger partial charge >= 0.3 is 0 Å². The number of hydrogen-bond donors (Lipinski definition) is 1. The van der Waals surface area contributed by atoms with Crippen LogP contribution >= 0.6 is 0 Å². The predicted octanol–water partition coefficient (Wildman–Crippen LogP) is 4.40. The first-order valence-electron chi connectivity index (χ1n) is 9.97. The molecule has 2 aromatic rings. The Morgan fingerprint density at radius 3 is 2.72 bits per heavy atom. The summed E-state index contributed by atoms with van der Waals surface area (Å²) in [5, 5.41) is 2.48. The molecule has 4 rings (SSSR count). The molecule has 0 aliphatic carbocycles. The molecule has 1 atom stereocenters. The molecule has 7 heteroatoms. The third-order valence-electron chi connectivity index (χ3n) is 5.66. The molecule has 0 aromatic heterocycles. The van der Waals surface area contributed by atoms with Gasteiger partial charge in [-0.25, -0.2) is 8.78 Å². The van der Waals surface area contributed by atoms with Crippen molar-refractivity contribution in [3.63, 3.8) is 0 Å². The fraction of sp³-hybridized carbons (Fsp3) is 0.364. The van der Waals surface area contributed by atoms with Crippen molar-refractivity contribution >= 4 is 23.2 Å². The highest BCUT2D eigenvalue weighted by molar-refractivity contribution is 6.08. The van der Waals surface area contributed by atoms with Crippen LogP contribution in [0.4, 0.5) is 20.2 Å². The van der Waals surface area contributed by atoms with E-state index in [1.807, 2.05) is 11.8 Å². The molecule has 0 radical (unpaired) electrons. The molecule has 1 fully saturated rings. The maximum absolute atomic E-state index is 13.9. The van der Waals surface area contributed by atoms with Gasteiger partial charge in [-0.05, 0) is 56.5 Å². The minimum atomic E-state index is -0.837. The molecule has 29 heavy (non-hydrogen) atoms. The van der Waals surface area contributed by atoms with Crippen LogP contribution in [0.2, 0.25) is 0 Å². The summed E-state index contributed by atoms with van der Waals surface area (Å²) < 4.78 is 27.0. The van der Waals surface area contributed by atoms with E-state index in [0.29, 0.717) is 17.7 Å². The number of carbonyl (C=O) groups is 2. The SMILES string of the molecule is CCN1c2cc(C(=O)Nc3ccc(F)cc3F)ccc2C(=O)N2CCCCCC21. The topological polar surface area (TPSA) is 52.7 Å². The Balaban J connectivity index is 1.66. The van der Waals surface area contributed by atoms with Crippen LogP contribution in [0.1, 0.15) is 53.3 Å². The second-order valence-electron chi connectivity index (χ2n) is 7.42. The van der Waals surface area contributed by atoms with E-state index in [2.05, 4.69) is 10.2 Å². The first-order valence-corrected chi connectivity index (χ1v) is 9.97. The third-order valence-corrected chi connectivity index (χ3v) is 5.66. The van der Waals surface area contributed by atoms with Crippen molar-refractivity contribution in [1.29, 1.82) is 0 Å². The van der Waals surface area contributed by atoms with Crippen LogP contribution in [-0.4, -0.2) is 36.0 Å². The lowest BCUT2D eigenvalue weighted by Gasteiger charge is -2.44. The summed E-state index contributed by atoms with van der Waals surface area (Å²) >= 11 is 0. The molecule has 2 amide bonds. The normalized spacial score (nSPS) is 18.7. The zero-order chi connectivity index (χ0) is 20.5. The number of amides is 2. The van der Waals surface area contributed by atoms with Crippen molar-refractivity contribution in [3.05, 3.63) is 59.2 Å². The second kappa shape index (κ2) is 7.81. The Hall–Kier alpha value is -2.96. The van der Waals surface area contributed by atoms with Gasteiger partial charge in [0.2, 0.25) is 0 Å². The number of nitrogens with zero attached hydrogens (tertiary/aromatic N) is 2. The van der Waals surface area contributed by atoms with E-state index in [9.17, 15) is 18.4 Å². The van der Waals surface area contributed by atoms with E-state index in [1.165, 1.54) is 6.07 Å². The summed E-state index contributed by atoms with van der Waals surface area (Å²) in [4.78, 5) is 29.8. The molecule has 2 aromatic carbocycles. The Morgan fingerprint density at radius 2 is 1.97 bits per heavy atom. The van der Waals surface area contributed by atoms with Gasteiger partial charge in [0.25, 0.3) is 11.8 Å². The van der Waals surface area contributed by atoms with Crippen LogP contribution in [0.15, 0.2) is 36.4 Å². The number of carbonyl (C=O) groups excluding carboxylic acids is 2. The monoisotopic (exact) mass is 399 g/mol. The van der Waals surface area contributed by atoms with E-state index >= 15 is 0 Å². The highest BCUT2D eigenvalue weighted by Crippen LogP contribution is 2.35. The van der Waals surface area contributed by atoms with Crippen molar-refractivity contribution in [2.75, 3.05) is 23.3 Å². The van der Waals surface area contributed by atoms with Crippen molar-refractivity contribution in [2.45, 2.75) is 38.8 Å². The fourth-order valence-electron chi connectivity index (χ4n) is 4.22. The molecule has 2 heterocycles. The number of benzene rings is 2. The largest absolute Gasteiger partial charge is 0.351 e. The fourth-order valence-corrected chi connectivity index (χ4v) is 4.22. The van der Waals surface area contributed by atoms with Gasteiger partial charge in [-0.1, -0.05) is 6.42 Å². The average molecular weight is 399 g/mol. The van der Waals surface area contributed by atoms with Gasteiger partial charge in [-0.2, -0.15) is 0 Å². The molecule has 1 N–H and O–H groups in total. The molecule has 2 aliphatic heterocycles. The molecule has 1 saturated heterocycles. The summed E-state index contributed by atoms with van der Waals surface area (Å²) in [6.45, 7) is 3.48. The lowest BCUT2D eigenvalue weighted by Crippen LogP contribution is -2.55. The number of hydrogen-bond acceptors (Lipinski definition) is 3. The van der Waals surface area contributed by atoms with Gasteiger partial charge in [0.15, 0.2) is 0 Å². The molecule has 5 nitrogen and oxygen atoms in total. The molecule has 1 unspecified atom stereocenters. The van der Waals surface area contributed by atoms with Crippen molar-refractivity contribution < 1.29 is 18.4 Å². The average Bonchev–Trinajstić information content (AvgIpc) is 2.96. The van der Waals surface area contributed by atoms with Gasteiger partial charge < -0.3 is 15.1 Å². The lowest BCUT2D eigenvalue weighted by molar-refractivity contribution is 0.0656. The third kappa shape index (κ3) is 3.57. The van der Waals surface area contributed by atoms with Gasteiger partial charge in [0.1, 0.15) is 17.8 Å². The highest BCUT2D eigenvalue weighted by Gasteiger charge is 2.37. The van der Waals surface area contributed by atoms with Crippen molar-refractivity contribution in [1.82, 2.24) is 4.90 Å². The number of rotatable bonds is 3. The molecule has 0 spiro atoms. The van der Waals surface area contributed by atoms with E-state index < -0.39 is 17.5 Å². The zero-order valence-electron chi connectivity index (χ0n) is 16.3. The first kappa shape index (κ1) is 19.4. The lowest BCUT2D eigenvalue weighted by atomic mass is 10.0. The minimum Gasteiger partial charge on any atom is -0.351 e. The number of anilines is 2. The van der Waals surface area contributed by atoms with Gasteiger partial charge in [-0.15, -0.1) is 0 Å². The zero-order valence-corrected chi connectivity index (χ0v) is 16.3. The molecule has 152 valence electrons. The van der Waals surface area contributed by atoms with Crippen LogP contribution in [-0.2, 0) is 0 Å². The Morgan fingerprint density at radius 1 is 1.14 bits per heavy atom. The summed E-state index contributed by atoms with van der Waals surface area (Å²) in [6.07, 6.45) is 4.06. The Kier molecular flexibility index (Phi) is 5.22. The van der Waals surface area contributed by atoms with E-state index in [-0.39, 0.29) is 17.8 Å². The van der Waals surface area contributed by atoms with Crippen LogP contribution < -0.4 is 10.2 Å².